The van der Waals surface area contributed by atoms with Crippen molar-refractivity contribution in [2.24, 2.45) is 5.28 Å². The van der Waals surface area contributed by atoms with Crippen molar-refractivity contribution in [3.63, 3.8) is 0 Å². The lowest BCUT2D eigenvalue weighted by molar-refractivity contribution is -0.538. The van der Waals surface area contributed by atoms with Crippen molar-refractivity contribution in [2.45, 2.75) is 0 Å². The summed E-state index contributed by atoms with van der Waals surface area (Å²) in [5, 5.41) is 19.2. The lowest BCUT2D eigenvalue weighted by atomic mass is 11.5. The Morgan fingerprint density at radius 2 is 2.50 bits per heavy atom. The second-order valence-corrected chi connectivity index (χ2v) is 0.800. The van der Waals surface area contributed by atoms with E-state index < -0.39 is 0 Å². The molecule has 0 unspecified atom stereocenters. The highest BCUT2D eigenvalue weighted by atomic mass is 35.5. The molecule has 6 heavy (non-hydrogen) atoms. The van der Waals surface area contributed by atoms with E-state index in [9.17, 15) is 5.21 Å². The van der Waals surface area contributed by atoms with Crippen LogP contribution in [-0.2, 0) is 0 Å². The van der Waals surface area contributed by atoms with Crippen LogP contribution in [0, 0.1) is 5.21 Å². The molecule has 0 saturated heterocycles. The van der Waals surface area contributed by atoms with Crippen LogP contribution in [0.5, 0.6) is 0 Å². The van der Waals surface area contributed by atoms with Crippen LogP contribution in [0.2, 0.25) is 0 Å². The van der Waals surface area contributed by atoms with E-state index in [4.69, 9.17) is 16.8 Å². The first kappa shape index (κ1) is 5.49. The molecule has 1 N–H and O–H groups in total. The van der Waals surface area contributed by atoms with Crippen LogP contribution in [0.3, 0.4) is 0 Å². The van der Waals surface area contributed by atoms with Crippen molar-refractivity contribution in [1.82, 2.24) is 0 Å². The van der Waals surface area contributed by atoms with Gasteiger partial charge in [0.25, 0.3) is 6.00 Å². The van der Waals surface area contributed by atoms with Gasteiger partial charge >= 0.3 is 0 Å². The van der Waals surface area contributed by atoms with Gasteiger partial charge in [0.05, 0.1) is 0 Å². The molecule has 0 heterocycles. The largest absolute Gasteiger partial charge is 0.596 e. The highest BCUT2D eigenvalue weighted by Gasteiger charge is 1.81. The van der Waals surface area contributed by atoms with Crippen molar-refractivity contribution >= 4 is 11.6 Å². The molecule has 0 rings (SSSR count). The summed E-state index contributed by atoms with van der Waals surface area (Å²) >= 11 is 4.81. The summed E-state index contributed by atoms with van der Waals surface area (Å²) < 4.78 is 0. The fourth-order valence-electron chi connectivity index (χ4n) is 0.0239. The minimum absolute atomic E-state index is 0.0540. The molecular weight excluding hydrogens is 107 g/mol. The Balaban J connectivity index is 3.22. The molecule has 0 aliphatic carbocycles. The van der Waals surface area contributed by atoms with Gasteiger partial charge in [0, 0.05) is 0 Å². The molecule has 0 saturated carbocycles. The zero-order valence-corrected chi connectivity index (χ0v) is 3.59. The number of alkyl halides is 1. The van der Waals surface area contributed by atoms with Gasteiger partial charge in [-0.1, -0.05) is 0 Å². The zero-order valence-electron chi connectivity index (χ0n) is 2.83. The third kappa shape index (κ3) is 1.78. The number of hydrogen-bond acceptors (Lipinski definition) is 2. The van der Waals surface area contributed by atoms with Crippen LogP contribution in [0.4, 0.5) is 0 Å². The second-order valence-electron chi connectivity index (χ2n) is 0.561. The summed E-state index contributed by atoms with van der Waals surface area (Å²) in [6, 6.07) is -0.337. The maximum absolute atomic E-state index is 9.55. The normalized spacial score (nSPS) is 11.8. The predicted molar refractivity (Wildman–Crippen MR) is 18.6 cm³/mol. The molecule has 0 aromatic rings. The monoisotopic (exact) mass is 110 g/mol. The Labute approximate surface area is 39.2 Å². The first-order chi connectivity index (χ1) is 2.81. The topological polar surface area (TPSA) is 58.7 Å². The first-order valence-electron chi connectivity index (χ1n) is 1.17. The third-order valence-corrected chi connectivity index (χ3v) is 0.407. The van der Waals surface area contributed by atoms with E-state index in [1.54, 1.807) is 0 Å². The molecular formula is CH3ClN2O2. The van der Waals surface area contributed by atoms with Gasteiger partial charge in [-0.3, -0.25) is 0 Å². The molecule has 0 amide bonds. The summed E-state index contributed by atoms with van der Waals surface area (Å²) in [5.41, 5.74) is 0. The molecule has 0 aromatic carbocycles. The Morgan fingerprint density at radius 1 is 2.00 bits per heavy atom. The van der Waals surface area contributed by atoms with Gasteiger partial charge in [0.1, 0.15) is 0 Å². The van der Waals surface area contributed by atoms with E-state index in [0.717, 1.165) is 0 Å². The van der Waals surface area contributed by atoms with Crippen LogP contribution in [0.25, 0.3) is 0 Å². The molecule has 0 fully saturated rings. The molecule has 0 radical (unpaired) electrons. The quantitative estimate of drug-likeness (QED) is 0.176. The standard InChI is InChI=1S/CH3ClN2O2/c2-1-4(6)3-5/h5H,1H2/b4-3+. The molecule has 0 spiro atoms. The van der Waals surface area contributed by atoms with E-state index in [-0.39, 0.29) is 10.9 Å². The van der Waals surface area contributed by atoms with Crippen LogP contribution in [0.15, 0.2) is 5.28 Å². The molecule has 4 nitrogen and oxygen atoms in total. The van der Waals surface area contributed by atoms with E-state index in [1.165, 1.54) is 0 Å². The molecule has 0 bridgehead atoms. The van der Waals surface area contributed by atoms with Gasteiger partial charge in [-0.2, -0.15) is 0 Å². The van der Waals surface area contributed by atoms with Crippen LogP contribution < -0.4 is 0 Å². The SMILES string of the molecule is [O-]/[N+](CCl)=N/O. The average molecular weight is 110 g/mol. The van der Waals surface area contributed by atoms with Gasteiger partial charge in [0.2, 0.25) is 0 Å². The Kier molecular flexibility index (Phi) is 2.48. The van der Waals surface area contributed by atoms with Crippen LogP contribution >= 0.6 is 11.6 Å². The molecule has 36 valence electrons. The lowest BCUT2D eigenvalue weighted by Crippen LogP contribution is -1.93. The number of hydrogen-bond donors (Lipinski definition) is 1. The summed E-state index contributed by atoms with van der Waals surface area (Å²) in [4.78, 5) is -0.0540. The lowest BCUT2D eigenvalue weighted by Gasteiger charge is -1.85. The summed E-state index contributed by atoms with van der Waals surface area (Å²) in [7, 11) is 0. The van der Waals surface area contributed by atoms with E-state index in [1.807, 2.05) is 0 Å². The fourth-order valence-corrected chi connectivity index (χ4v) is 0.0717. The second kappa shape index (κ2) is 2.71. The highest BCUT2D eigenvalue weighted by molar-refractivity contribution is 6.16. The van der Waals surface area contributed by atoms with Crippen molar-refractivity contribution in [3.8, 4) is 0 Å². The summed E-state index contributed by atoms with van der Waals surface area (Å²) in [5.74, 6) is 0. The third-order valence-electron chi connectivity index (χ3n) is 0.202. The summed E-state index contributed by atoms with van der Waals surface area (Å²) in [6.07, 6.45) is 0. The number of hydroxylamine groups is 1. The Hall–Kier alpha value is -0.510. The van der Waals surface area contributed by atoms with Gasteiger partial charge in [0.15, 0.2) is 5.28 Å². The van der Waals surface area contributed by atoms with Crippen LogP contribution in [-0.4, -0.2) is 16.1 Å². The average Bonchev–Trinajstić information content (AvgIpc) is 1.65. The molecule has 0 aliphatic heterocycles. The van der Waals surface area contributed by atoms with Gasteiger partial charge in [-0.25, -0.2) is 0 Å². The van der Waals surface area contributed by atoms with Crippen molar-refractivity contribution in [3.05, 3.63) is 5.21 Å². The molecule has 0 atom stereocenters. The van der Waals surface area contributed by atoms with Gasteiger partial charge in [-0.05, 0) is 16.5 Å². The Morgan fingerprint density at radius 3 is 2.50 bits per heavy atom. The van der Waals surface area contributed by atoms with Crippen molar-refractivity contribution in [1.29, 1.82) is 0 Å². The summed E-state index contributed by atoms with van der Waals surface area (Å²) in [6.45, 7) is 0. The highest BCUT2D eigenvalue weighted by Crippen LogP contribution is 1.74. The fraction of sp³-hybridized carbons (Fsp3) is 1.00. The zero-order chi connectivity index (χ0) is 4.99. The first-order valence-corrected chi connectivity index (χ1v) is 1.70. The van der Waals surface area contributed by atoms with E-state index in [2.05, 4.69) is 5.28 Å². The maximum Gasteiger partial charge on any atom is 0.257 e. The molecule has 0 aliphatic rings. The minimum Gasteiger partial charge on any atom is -0.596 e. The Bertz CT molecular complexity index is 62.6. The smallest absolute Gasteiger partial charge is 0.257 e. The van der Waals surface area contributed by atoms with Crippen molar-refractivity contribution in [2.75, 3.05) is 6.00 Å². The number of rotatable bonds is 1. The number of halogens is 1. The van der Waals surface area contributed by atoms with Crippen LogP contribution in [0.1, 0.15) is 0 Å². The van der Waals surface area contributed by atoms with Crippen molar-refractivity contribution < 1.29 is 10.1 Å². The van der Waals surface area contributed by atoms with Gasteiger partial charge in [-0.15, -0.1) is 0 Å². The van der Waals surface area contributed by atoms with E-state index in [0.29, 0.717) is 0 Å². The predicted octanol–water partition coefficient (Wildman–Crippen LogP) is 0.534. The number of nitrogens with zero attached hydrogens (tertiary/aromatic N) is 2. The minimum atomic E-state index is -0.337. The van der Waals surface area contributed by atoms with E-state index >= 15 is 0 Å². The maximum atomic E-state index is 9.55. The molecule has 0 aromatic heterocycles. The molecule has 5 heteroatoms. The van der Waals surface area contributed by atoms with Gasteiger partial charge < -0.3 is 10.4 Å².